The average molecular weight is 295 g/mol. The monoisotopic (exact) mass is 295 g/mol. The minimum absolute atomic E-state index is 0.189. The molecule has 1 saturated carbocycles. The molecule has 0 saturated heterocycles. The van der Waals surface area contributed by atoms with Crippen LogP contribution < -0.4 is 14.8 Å². The van der Waals surface area contributed by atoms with E-state index in [4.69, 9.17) is 14.2 Å². The second kappa shape index (κ2) is 8.22. The van der Waals surface area contributed by atoms with Crippen molar-refractivity contribution < 1.29 is 19.3 Å². The van der Waals surface area contributed by atoms with Crippen LogP contribution in [-0.2, 0) is 11.3 Å². The van der Waals surface area contributed by atoms with Gasteiger partial charge in [0.1, 0.15) is 12.7 Å². The van der Waals surface area contributed by atoms with E-state index in [-0.39, 0.29) is 13.2 Å². The second-order valence-corrected chi connectivity index (χ2v) is 5.25. The Morgan fingerprint density at radius 1 is 1.29 bits per heavy atom. The van der Waals surface area contributed by atoms with Gasteiger partial charge >= 0.3 is 0 Å². The van der Waals surface area contributed by atoms with Crippen LogP contribution in [0.3, 0.4) is 0 Å². The van der Waals surface area contributed by atoms with Gasteiger partial charge in [-0.2, -0.15) is 0 Å². The molecule has 1 aromatic rings. The molecule has 0 radical (unpaired) electrons. The maximum absolute atomic E-state index is 9.74. The van der Waals surface area contributed by atoms with Crippen LogP contribution in [0.5, 0.6) is 11.5 Å². The molecule has 0 spiro atoms. The lowest BCUT2D eigenvalue weighted by Crippen LogP contribution is -2.24. The molecule has 2 rings (SSSR count). The van der Waals surface area contributed by atoms with E-state index in [1.165, 1.54) is 12.8 Å². The quantitative estimate of drug-likeness (QED) is 0.688. The molecule has 1 aromatic carbocycles. The van der Waals surface area contributed by atoms with Crippen LogP contribution >= 0.6 is 0 Å². The van der Waals surface area contributed by atoms with Crippen molar-refractivity contribution in [2.24, 2.45) is 0 Å². The molecule has 0 bridgehead atoms. The van der Waals surface area contributed by atoms with E-state index in [1.54, 1.807) is 7.11 Å². The van der Waals surface area contributed by atoms with E-state index in [0.717, 1.165) is 17.9 Å². The summed E-state index contributed by atoms with van der Waals surface area (Å²) < 4.78 is 16.3. The maximum atomic E-state index is 9.74. The Hall–Kier alpha value is -1.30. The van der Waals surface area contributed by atoms with E-state index >= 15 is 0 Å². The van der Waals surface area contributed by atoms with Crippen molar-refractivity contribution in [2.45, 2.75) is 38.5 Å². The summed E-state index contributed by atoms with van der Waals surface area (Å²) >= 11 is 0. The molecule has 0 amide bonds. The summed E-state index contributed by atoms with van der Waals surface area (Å²) in [4.78, 5) is 0. The van der Waals surface area contributed by atoms with E-state index in [1.807, 2.05) is 25.1 Å². The van der Waals surface area contributed by atoms with Crippen LogP contribution in [0, 0.1) is 0 Å². The number of aliphatic hydroxyl groups is 1. The lowest BCUT2D eigenvalue weighted by Gasteiger charge is -2.18. The Balaban J connectivity index is 2.04. The van der Waals surface area contributed by atoms with Crippen LogP contribution in [0.15, 0.2) is 18.2 Å². The van der Waals surface area contributed by atoms with Crippen molar-refractivity contribution in [1.29, 1.82) is 0 Å². The van der Waals surface area contributed by atoms with Gasteiger partial charge in [-0.15, -0.1) is 0 Å². The maximum Gasteiger partial charge on any atom is 0.165 e. The molecule has 5 nitrogen and oxygen atoms in total. The number of rotatable bonds is 10. The topological polar surface area (TPSA) is 60.0 Å². The van der Waals surface area contributed by atoms with Crippen molar-refractivity contribution in [1.82, 2.24) is 5.32 Å². The normalized spacial score (nSPS) is 15.8. The van der Waals surface area contributed by atoms with Gasteiger partial charge in [-0.25, -0.2) is 0 Å². The van der Waals surface area contributed by atoms with Crippen molar-refractivity contribution in [3.05, 3.63) is 23.8 Å². The third kappa shape index (κ3) is 5.19. The number of methoxy groups -OCH3 is 1. The molecule has 1 unspecified atom stereocenters. The van der Waals surface area contributed by atoms with Gasteiger partial charge in [0.05, 0.1) is 13.2 Å². The van der Waals surface area contributed by atoms with Gasteiger partial charge in [-0.05, 0) is 25.8 Å². The molecular weight excluding hydrogens is 270 g/mol. The van der Waals surface area contributed by atoms with Gasteiger partial charge < -0.3 is 24.6 Å². The molecule has 5 heteroatoms. The molecule has 1 aliphatic carbocycles. The van der Waals surface area contributed by atoms with Crippen molar-refractivity contribution in [3.63, 3.8) is 0 Å². The third-order valence-corrected chi connectivity index (χ3v) is 3.30. The molecule has 0 aliphatic heterocycles. The summed E-state index contributed by atoms with van der Waals surface area (Å²) in [6.45, 7) is 3.72. The van der Waals surface area contributed by atoms with Crippen molar-refractivity contribution in [2.75, 3.05) is 26.9 Å². The number of hydrogen-bond donors (Lipinski definition) is 2. The van der Waals surface area contributed by atoms with Gasteiger partial charge in [0.15, 0.2) is 11.5 Å². The first-order valence-electron chi connectivity index (χ1n) is 7.52. The zero-order valence-corrected chi connectivity index (χ0v) is 12.8. The molecule has 2 N–H and O–H groups in total. The van der Waals surface area contributed by atoms with Gasteiger partial charge in [0.2, 0.25) is 0 Å². The fourth-order valence-electron chi connectivity index (χ4n) is 2.10. The van der Waals surface area contributed by atoms with Crippen LogP contribution in [0.2, 0.25) is 0 Å². The smallest absolute Gasteiger partial charge is 0.165 e. The van der Waals surface area contributed by atoms with Crippen molar-refractivity contribution >= 4 is 0 Å². The summed E-state index contributed by atoms with van der Waals surface area (Å²) in [5.74, 6) is 1.43. The van der Waals surface area contributed by atoms with Crippen LogP contribution in [0.1, 0.15) is 25.3 Å². The lowest BCUT2D eigenvalue weighted by atomic mass is 10.2. The highest BCUT2D eigenvalue weighted by atomic mass is 16.5. The second-order valence-electron chi connectivity index (χ2n) is 5.25. The van der Waals surface area contributed by atoms with Gasteiger partial charge in [0, 0.05) is 25.3 Å². The fraction of sp³-hybridized carbons (Fsp3) is 0.625. The number of aliphatic hydroxyl groups excluding tert-OH is 1. The highest BCUT2D eigenvalue weighted by molar-refractivity contribution is 5.46. The van der Waals surface area contributed by atoms with Crippen LogP contribution in [-0.4, -0.2) is 44.2 Å². The van der Waals surface area contributed by atoms with Crippen molar-refractivity contribution in [3.8, 4) is 11.5 Å². The lowest BCUT2D eigenvalue weighted by molar-refractivity contribution is 0.0315. The van der Waals surface area contributed by atoms with E-state index in [2.05, 4.69) is 5.32 Å². The van der Waals surface area contributed by atoms with E-state index < -0.39 is 6.10 Å². The third-order valence-electron chi connectivity index (χ3n) is 3.30. The van der Waals surface area contributed by atoms with E-state index in [9.17, 15) is 5.11 Å². The first kappa shape index (κ1) is 16.1. The molecule has 118 valence electrons. The minimum Gasteiger partial charge on any atom is -0.490 e. The fourth-order valence-corrected chi connectivity index (χ4v) is 2.10. The highest BCUT2D eigenvalue weighted by Gasteiger charge is 2.21. The summed E-state index contributed by atoms with van der Waals surface area (Å²) in [5, 5.41) is 13.2. The largest absolute Gasteiger partial charge is 0.490 e. The Bertz CT molecular complexity index is 434. The molecule has 0 aromatic heterocycles. The number of benzene rings is 1. The first-order chi connectivity index (χ1) is 10.2. The Labute approximate surface area is 126 Å². The number of hydrogen-bond acceptors (Lipinski definition) is 5. The molecular formula is C16H25NO4. The first-order valence-corrected chi connectivity index (χ1v) is 7.52. The number of para-hydroxylation sites is 1. The zero-order chi connectivity index (χ0) is 15.1. The molecule has 0 heterocycles. The van der Waals surface area contributed by atoms with Crippen LogP contribution in [0.4, 0.5) is 0 Å². The Morgan fingerprint density at radius 2 is 2.10 bits per heavy atom. The molecule has 21 heavy (non-hydrogen) atoms. The summed E-state index contributed by atoms with van der Waals surface area (Å²) in [5.41, 5.74) is 1.05. The SMILES string of the molecule is CCOc1cccc(CNC2CC2)c1OCC(O)COC. The highest BCUT2D eigenvalue weighted by Crippen LogP contribution is 2.32. The predicted octanol–water partition coefficient (Wildman–Crippen LogP) is 1.72. The summed E-state index contributed by atoms with van der Waals surface area (Å²) in [6.07, 6.45) is 1.84. The average Bonchev–Trinajstić information content (AvgIpc) is 3.29. The van der Waals surface area contributed by atoms with Crippen LogP contribution in [0.25, 0.3) is 0 Å². The zero-order valence-electron chi connectivity index (χ0n) is 12.8. The standard InChI is InChI=1S/C16H25NO4/c1-3-20-15-6-4-5-12(9-17-13-7-8-13)16(15)21-11-14(18)10-19-2/h4-6,13-14,17-18H,3,7-11H2,1-2H3. The molecule has 1 fully saturated rings. The number of ether oxygens (including phenoxy) is 3. The summed E-state index contributed by atoms with van der Waals surface area (Å²) in [7, 11) is 1.56. The van der Waals surface area contributed by atoms with Gasteiger partial charge in [-0.1, -0.05) is 12.1 Å². The Kier molecular flexibility index (Phi) is 6.29. The minimum atomic E-state index is -0.645. The summed E-state index contributed by atoms with van der Waals surface area (Å²) in [6, 6.07) is 6.51. The predicted molar refractivity (Wildman–Crippen MR) is 80.9 cm³/mol. The Morgan fingerprint density at radius 3 is 2.76 bits per heavy atom. The van der Waals surface area contributed by atoms with E-state index in [0.29, 0.717) is 18.4 Å². The van der Waals surface area contributed by atoms with Gasteiger partial charge in [0.25, 0.3) is 0 Å². The van der Waals surface area contributed by atoms with Gasteiger partial charge in [-0.3, -0.25) is 0 Å². The molecule has 1 aliphatic rings. The number of nitrogens with one attached hydrogen (secondary N) is 1. The molecule has 1 atom stereocenters.